The average Bonchev–Trinajstić information content (AvgIpc) is 1.99. The fourth-order valence-corrected chi connectivity index (χ4v) is 0.767. The summed E-state index contributed by atoms with van der Waals surface area (Å²) < 4.78 is 25.2. The van der Waals surface area contributed by atoms with Gasteiger partial charge in [0.2, 0.25) is 0 Å². The summed E-state index contributed by atoms with van der Waals surface area (Å²) in [5, 5.41) is -0.496. The zero-order chi connectivity index (χ0) is 8.43. The SMILES string of the molecule is C=[C]c1cc(F)c(Cl)c(F)c1. The summed E-state index contributed by atoms with van der Waals surface area (Å²) in [6.07, 6.45) is 2.35. The van der Waals surface area contributed by atoms with Crippen LogP contribution in [-0.2, 0) is 0 Å². The van der Waals surface area contributed by atoms with Crippen molar-refractivity contribution in [2.24, 2.45) is 0 Å². The first kappa shape index (κ1) is 8.21. The highest BCUT2D eigenvalue weighted by molar-refractivity contribution is 6.30. The van der Waals surface area contributed by atoms with Gasteiger partial charge in [0, 0.05) is 0 Å². The molecule has 1 rings (SSSR count). The summed E-state index contributed by atoms with van der Waals surface area (Å²) in [6, 6.07) is 2.14. The Balaban J connectivity index is 3.31. The molecule has 0 saturated heterocycles. The Labute approximate surface area is 68.1 Å². The fourth-order valence-electron chi connectivity index (χ4n) is 0.658. The van der Waals surface area contributed by atoms with E-state index in [0.29, 0.717) is 0 Å². The highest BCUT2D eigenvalue weighted by atomic mass is 35.5. The number of rotatable bonds is 1. The van der Waals surface area contributed by atoms with Gasteiger partial charge in [0.05, 0.1) is 0 Å². The van der Waals surface area contributed by atoms with Gasteiger partial charge in [-0.05, 0) is 23.8 Å². The monoisotopic (exact) mass is 173 g/mol. The van der Waals surface area contributed by atoms with Crippen molar-refractivity contribution in [3.05, 3.63) is 47.0 Å². The van der Waals surface area contributed by atoms with E-state index < -0.39 is 16.7 Å². The third kappa shape index (κ3) is 1.57. The number of halogens is 3. The average molecular weight is 174 g/mol. The Morgan fingerprint density at radius 2 is 1.73 bits per heavy atom. The van der Waals surface area contributed by atoms with E-state index in [9.17, 15) is 8.78 Å². The van der Waals surface area contributed by atoms with Crippen LogP contribution in [0.25, 0.3) is 0 Å². The predicted octanol–water partition coefficient (Wildman–Crippen LogP) is 2.96. The highest BCUT2D eigenvalue weighted by Gasteiger charge is 2.06. The molecule has 0 bridgehead atoms. The van der Waals surface area contributed by atoms with Crippen LogP contribution in [0.4, 0.5) is 8.78 Å². The van der Waals surface area contributed by atoms with Crippen molar-refractivity contribution >= 4 is 11.6 Å². The molecule has 11 heavy (non-hydrogen) atoms. The summed E-state index contributed by atoms with van der Waals surface area (Å²) in [7, 11) is 0. The van der Waals surface area contributed by atoms with Crippen molar-refractivity contribution < 1.29 is 8.78 Å². The van der Waals surface area contributed by atoms with E-state index in [1.54, 1.807) is 0 Å². The smallest absolute Gasteiger partial charge is 0.145 e. The van der Waals surface area contributed by atoms with Crippen molar-refractivity contribution in [2.75, 3.05) is 0 Å². The molecule has 0 saturated carbocycles. The molecule has 0 aliphatic heterocycles. The minimum Gasteiger partial charge on any atom is -0.205 e. The quantitative estimate of drug-likeness (QED) is 0.573. The fraction of sp³-hybridized carbons (Fsp3) is 0. The maximum Gasteiger partial charge on any atom is 0.145 e. The molecule has 0 heterocycles. The molecular weight excluding hydrogens is 170 g/mol. The topological polar surface area (TPSA) is 0 Å². The molecule has 0 aromatic heterocycles. The van der Waals surface area contributed by atoms with Crippen LogP contribution in [0.5, 0.6) is 0 Å². The molecule has 0 atom stereocenters. The summed E-state index contributed by atoms with van der Waals surface area (Å²) in [5.41, 5.74) is 0.254. The van der Waals surface area contributed by atoms with Gasteiger partial charge in [-0.2, -0.15) is 0 Å². The van der Waals surface area contributed by atoms with Crippen LogP contribution >= 0.6 is 11.6 Å². The molecule has 0 aliphatic carbocycles. The van der Waals surface area contributed by atoms with E-state index in [1.165, 1.54) is 0 Å². The standard InChI is InChI=1S/C8H4ClF2/c1-2-5-3-6(10)8(9)7(11)4-5/h3-4H,1H2. The summed E-state index contributed by atoms with van der Waals surface area (Å²) in [5.74, 6) is -1.59. The third-order valence-corrected chi connectivity index (χ3v) is 1.55. The molecule has 3 heteroatoms. The second-order valence-electron chi connectivity index (χ2n) is 1.93. The zero-order valence-electron chi connectivity index (χ0n) is 5.50. The van der Waals surface area contributed by atoms with Crippen LogP contribution in [-0.4, -0.2) is 0 Å². The maximum absolute atomic E-state index is 12.6. The van der Waals surface area contributed by atoms with Crippen LogP contribution in [0.2, 0.25) is 5.02 Å². The lowest BCUT2D eigenvalue weighted by atomic mass is 10.2. The lowest BCUT2D eigenvalue weighted by Gasteiger charge is -1.97. The maximum atomic E-state index is 12.6. The van der Waals surface area contributed by atoms with Crippen molar-refractivity contribution in [3.63, 3.8) is 0 Å². The minimum atomic E-state index is -0.794. The summed E-state index contributed by atoms with van der Waals surface area (Å²) in [4.78, 5) is 0. The first-order valence-electron chi connectivity index (χ1n) is 2.83. The molecule has 0 nitrogen and oxygen atoms in total. The molecule has 1 aromatic rings. The second kappa shape index (κ2) is 3.01. The second-order valence-corrected chi connectivity index (χ2v) is 2.31. The Hall–Kier alpha value is -0.890. The van der Waals surface area contributed by atoms with Crippen molar-refractivity contribution in [3.8, 4) is 0 Å². The summed E-state index contributed by atoms with van der Waals surface area (Å²) in [6.45, 7) is 3.24. The number of hydrogen-bond acceptors (Lipinski definition) is 0. The van der Waals surface area contributed by atoms with Gasteiger partial charge in [0.25, 0.3) is 0 Å². The predicted molar refractivity (Wildman–Crippen MR) is 39.3 cm³/mol. The lowest BCUT2D eigenvalue weighted by molar-refractivity contribution is 0.583. The lowest BCUT2D eigenvalue weighted by Crippen LogP contribution is -1.85. The Kier molecular flexibility index (Phi) is 2.25. The van der Waals surface area contributed by atoms with Gasteiger partial charge in [-0.15, -0.1) is 0 Å². The van der Waals surface area contributed by atoms with Gasteiger partial charge in [0.1, 0.15) is 16.7 Å². The van der Waals surface area contributed by atoms with Crippen LogP contribution in [0.1, 0.15) is 5.56 Å². The van der Waals surface area contributed by atoms with Crippen LogP contribution in [0, 0.1) is 17.7 Å². The molecule has 0 aliphatic rings. The highest BCUT2D eigenvalue weighted by Crippen LogP contribution is 2.20. The van der Waals surface area contributed by atoms with Crippen LogP contribution in [0.15, 0.2) is 18.7 Å². The number of benzene rings is 1. The third-order valence-electron chi connectivity index (χ3n) is 1.19. The number of hydrogen-bond donors (Lipinski definition) is 0. The molecule has 0 fully saturated rings. The van der Waals surface area contributed by atoms with Gasteiger partial charge >= 0.3 is 0 Å². The zero-order valence-corrected chi connectivity index (χ0v) is 6.25. The molecule has 1 radical (unpaired) electrons. The van der Waals surface area contributed by atoms with E-state index >= 15 is 0 Å². The molecule has 0 amide bonds. The Morgan fingerprint density at radius 3 is 2.09 bits per heavy atom. The van der Waals surface area contributed by atoms with Gasteiger partial charge in [0.15, 0.2) is 0 Å². The van der Waals surface area contributed by atoms with Gasteiger partial charge in [-0.25, -0.2) is 8.78 Å². The van der Waals surface area contributed by atoms with Crippen molar-refractivity contribution in [2.45, 2.75) is 0 Å². The van der Waals surface area contributed by atoms with Crippen molar-refractivity contribution in [1.29, 1.82) is 0 Å². The normalized spacial score (nSPS) is 9.73. The van der Waals surface area contributed by atoms with Crippen molar-refractivity contribution in [1.82, 2.24) is 0 Å². The Morgan fingerprint density at radius 1 is 1.27 bits per heavy atom. The minimum absolute atomic E-state index is 0.254. The van der Waals surface area contributed by atoms with Crippen LogP contribution in [0.3, 0.4) is 0 Å². The van der Waals surface area contributed by atoms with E-state index in [2.05, 4.69) is 12.7 Å². The first-order chi connectivity index (χ1) is 5.15. The van der Waals surface area contributed by atoms with Gasteiger partial charge in [-0.1, -0.05) is 18.2 Å². The molecule has 0 spiro atoms. The molecule has 1 aromatic carbocycles. The largest absolute Gasteiger partial charge is 0.205 e. The molecular formula is C8H4ClF2. The van der Waals surface area contributed by atoms with E-state index in [4.69, 9.17) is 11.6 Å². The van der Waals surface area contributed by atoms with E-state index in [1.807, 2.05) is 0 Å². The molecule has 0 unspecified atom stereocenters. The molecule has 0 N–H and O–H groups in total. The Bertz CT molecular complexity index is 271. The van der Waals surface area contributed by atoms with Gasteiger partial charge < -0.3 is 0 Å². The first-order valence-corrected chi connectivity index (χ1v) is 3.20. The summed E-state index contributed by atoms with van der Waals surface area (Å²) >= 11 is 5.21. The van der Waals surface area contributed by atoms with E-state index in [0.717, 1.165) is 12.1 Å². The van der Waals surface area contributed by atoms with Crippen LogP contribution < -0.4 is 0 Å². The van der Waals surface area contributed by atoms with Gasteiger partial charge in [-0.3, -0.25) is 0 Å². The van der Waals surface area contributed by atoms with E-state index in [-0.39, 0.29) is 5.56 Å². The molecule has 57 valence electrons.